The third-order valence-corrected chi connectivity index (χ3v) is 11.0. The van der Waals surface area contributed by atoms with Crippen molar-refractivity contribution >= 4 is 36.9 Å². The van der Waals surface area contributed by atoms with Crippen LogP contribution in [0.4, 0.5) is 8.78 Å². The van der Waals surface area contributed by atoms with Crippen molar-refractivity contribution in [3.8, 4) is 0 Å². The Bertz CT molecular complexity index is 2020. The fraction of sp³-hybridized carbons (Fsp3) is 0.244. The summed E-state index contributed by atoms with van der Waals surface area (Å²) in [6, 6.07) is 24.6. The molecule has 5 aromatic rings. The maximum Gasteiger partial charge on any atom is -1.00 e. The van der Waals surface area contributed by atoms with E-state index in [1.165, 1.54) is 97.9 Å². The van der Waals surface area contributed by atoms with Gasteiger partial charge in [0.05, 0.1) is 0 Å². The molecule has 0 unspecified atom stereocenters. The molecular formula is C45H42Cl2F2Zr-2. The molecule has 0 bridgehead atoms. The summed E-state index contributed by atoms with van der Waals surface area (Å²) in [6.45, 7) is 15.9. The topological polar surface area (TPSA) is 0 Å². The predicted octanol–water partition coefficient (Wildman–Crippen LogP) is 6.13. The average molecular weight is 783 g/mol. The van der Waals surface area contributed by atoms with E-state index in [1.54, 1.807) is 24.3 Å². The Kier molecular flexibility index (Phi) is 12.1. The van der Waals surface area contributed by atoms with Crippen LogP contribution in [-0.2, 0) is 35.1 Å². The van der Waals surface area contributed by atoms with Gasteiger partial charge in [-0.25, -0.2) is 6.08 Å². The van der Waals surface area contributed by atoms with Crippen LogP contribution in [0.5, 0.6) is 0 Å². The molecule has 0 aliphatic heterocycles. The van der Waals surface area contributed by atoms with Crippen molar-refractivity contribution in [3.63, 3.8) is 0 Å². The van der Waals surface area contributed by atoms with Gasteiger partial charge in [0.2, 0.25) is 0 Å². The molecule has 0 amide bonds. The van der Waals surface area contributed by atoms with E-state index in [0.29, 0.717) is 5.41 Å². The maximum atomic E-state index is 12.8. The summed E-state index contributed by atoms with van der Waals surface area (Å²) in [4.78, 5) is 0. The summed E-state index contributed by atoms with van der Waals surface area (Å²) in [5.74, 6) is -0.488. The molecule has 256 valence electrons. The molecule has 0 heterocycles. The van der Waals surface area contributed by atoms with Crippen LogP contribution >= 0.6 is 0 Å². The zero-order valence-electron chi connectivity index (χ0n) is 29.7. The molecule has 5 aromatic carbocycles. The summed E-state index contributed by atoms with van der Waals surface area (Å²) >= 11 is 1.22. The van der Waals surface area contributed by atoms with E-state index in [2.05, 4.69) is 121 Å². The molecule has 0 radical (unpaired) electrons. The van der Waals surface area contributed by atoms with E-state index in [0.717, 1.165) is 20.8 Å². The van der Waals surface area contributed by atoms with Crippen molar-refractivity contribution in [2.24, 2.45) is 5.41 Å². The van der Waals surface area contributed by atoms with E-state index in [4.69, 9.17) is 0 Å². The maximum absolute atomic E-state index is 12.8. The second kappa shape index (κ2) is 15.3. The second-order valence-corrected chi connectivity index (χ2v) is 16.4. The van der Waals surface area contributed by atoms with Gasteiger partial charge < -0.3 is 24.8 Å². The SMILES string of the molecule is CC(C)(C)C1=CC[C-]=C1.CC1(C)C=Cc2cc3c(cc21)[cH-]c1cc2c(cc13)C=CC2(C)C.Fc1ccc([C](=[Zr+2])c2ccc(F)cc2)cc1.[Cl-].[Cl-]. The fourth-order valence-corrected chi connectivity index (χ4v) is 7.45. The van der Waals surface area contributed by atoms with Crippen molar-refractivity contribution < 1.29 is 57.8 Å². The van der Waals surface area contributed by atoms with Gasteiger partial charge in [-0.05, 0) is 11.1 Å². The predicted molar refractivity (Wildman–Crippen MR) is 197 cm³/mol. The van der Waals surface area contributed by atoms with Gasteiger partial charge in [0.25, 0.3) is 0 Å². The Labute approximate surface area is 323 Å². The average Bonchev–Trinajstić information content (AvgIpc) is 3.82. The molecule has 3 aliphatic rings. The number of halogens is 4. The summed E-state index contributed by atoms with van der Waals surface area (Å²) in [5, 5.41) is 5.53. The first kappa shape index (κ1) is 39.7. The first-order chi connectivity index (χ1) is 22.6. The Morgan fingerprint density at radius 3 is 1.46 bits per heavy atom. The second-order valence-electron chi connectivity index (χ2n) is 15.2. The molecule has 5 heteroatoms. The van der Waals surface area contributed by atoms with Crippen LogP contribution in [0.1, 0.15) is 88.3 Å². The molecule has 0 aromatic heterocycles. The summed E-state index contributed by atoms with van der Waals surface area (Å²) < 4.78 is 26.6. The van der Waals surface area contributed by atoms with E-state index in [-0.39, 0.29) is 47.3 Å². The normalized spacial score (nSPS) is 15.6. The zero-order valence-corrected chi connectivity index (χ0v) is 33.7. The Morgan fingerprint density at radius 1 is 0.700 bits per heavy atom. The first-order valence-corrected chi connectivity index (χ1v) is 17.8. The van der Waals surface area contributed by atoms with Crippen LogP contribution in [0.15, 0.2) is 109 Å². The van der Waals surface area contributed by atoms with Crippen molar-refractivity contribution in [3.05, 3.63) is 160 Å². The summed E-state index contributed by atoms with van der Waals surface area (Å²) in [5.41, 5.74) is 9.67. The molecule has 0 fully saturated rings. The monoisotopic (exact) mass is 780 g/mol. The molecule has 0 saturated heterocycles. The fourth-order valence-electron chi connectivity index (χ4n) is 6.63. The van der Waals surface area contributed by atoms with E-state index in [9.17, 15) is 8.78 Å². The third-order valence-electron chi connectivity index (χ3n) is 9.62. The number of allylic oxidation sites excluding steroid dienone is 6. The van der Waals surface area contributed by atoms with Crippen LogP contribution in [0.25, 0.3) is 33.7 Å². The van der Waals surface area contributed by atoms with Gasteiger partial charge in [0.1, 0.15) is 0 Å². The Hall–Kier alpha value is -3.10. The van der Waals surface area contributed by atoms with E-state index < -0.39 is 0 Å². The van der Waals surface area contributed by atoms with Crippen LogP contribution in [-0.4, -0.2) is 3.21 Å². The summed E-state index contributed by atoms with van der Waals surface area (Å²) in [7, 11) is 0. The molecular weight excluding hydrogens is 741 g/mol. The van der Waals surface area contributed by atoms with Crippen LogP contribution < -0.4 is 24.8 Å². The minimum Gasteiger partial charge on any atom is -1.00 e. The van der Waals surface area contributed by atoms with Crippen molar-refractivity contribution in [1.82, 2.24) is 0 Å². The van der Waals surface area contributed by atoms with Crippen molar-refractivity contribution in [2.75, 3.05) is 0 Å². The van der Waals surface area contributed by atoms with E-state index in [1.807, 2.05) is 0 Å². The number of hydrogen-bond acceptors (Lipinski definition) is 0. The van der Waals surface area contributed by atoms with Crippen LogP contribution in [0.2, 0.25) is 0 Å². The standard InChI is InChI=1S/C23H21.C13H8F2.C9H13.2ClH.Zr/c1-22(2)7-5-14-10-18-16(12-20(14)22)9-17-13-21-15(11-19(17)18)6-8-23(21,3)4;14-12-5-1-10(2-6-12)9-11-3-7-13(15)8-4-11;1-9(2,3)8-6-4-5-7-8;;;/h5-13H,1-4H3;1-8H;6-7H,4H2,1-3H3;2*1H;/q-1;;-1;;;+2/p-2. The van der Waals surface area contributed by atoms with Crippen molar-refractivity contribution in [1.29, 1.82) is 0 Å². The number of fused-ring (bicyclic) bond motifs is 5. The molecule has 0 nitrogen and oxygen atoms in total. The minimum absolute atomic E-state index is 0. The zero-order chi connectivity index (χ0) is 34.4. The number of benzene rings is 4. The molecule has 8 rings (SSSR count). The van der Waals surface area contributed by atoms with Gasteiger partial charge in [-0.2, -0.15) is 11.6 Å². The van der Waals surface area contributed by atoms with Gasteiger partial charge in [0.15, 0.2) is 0 Å². The van der Waals surface area contributed by atoms with Gasteiger partial charge in [-0.3, -0.25) is 6.08 Å². The summed E-state index contributed by atoms with van der Waals surface area (Å²) in [6.07, 6.45) is 17.7. The number of rotatable bonds is 2. The number of hydrogen-bond donors (Lipinski definition) is 0. The quantitative estimate of drug-likeness (QED) is 0.189. The Morgan fingerprint density at radius 2 is 1.12 bits per heavy atom. The van der Waals surface area contributed by atoms with Crippen LogP contribution in [0, 0.1) is 23.1 Å². The first-order valence-electron chi connectivity index (χ1n) is 16.6. The molecule has 0 saturated carbocycles. The third kappa shape index (κ3) is 8.33. The molecule has 0 atom stereocenters. The Balaban J connectivity index is 0.000000182. The minimum atomic E-state index is -0.244. The molecule has 0 spiro atoms. The largest absolute Gasteiger partial charge is 1.00 e. The van der Waals surface area contributed by atoms with Crippen LogP contribution in [0.3, 0.4) is 0 Å². The van der Waals surface area contributed by atoms with Gasteiger partial charge >= 0.3 is 108 Å². The van der Waals surface area contributed by atoms with E-state index >= 15 is 0 Å². The molecule has 50 heavy (non-hydrogen) atoms. The molecule has 3 aliphatic carbocycles. The van der Waals surface area contributed by atoms with Gasteiger partial charge in [0, 0.05) is 10.8 Å². The van der Waals surface area contributed by atoms with Crippen molar-refractivity contribution in [2.45, 2.75) is 65.7 Å². The van der Waals surface area contributed by atoms with Gasteiger partial charge in [-0.1, -0.05) is 101 Å². The smallest absolute Gasteiger partial charge is 1.00 e. The van der Waals surface area contributed by atoms with Gasteiger partial charge in [-0.15, -0.1) is 46.2 Å². The molecule has 0 N–H and O–H groups in total.